The SMILES string of the molecule is CCn1c(Oc2cccc(N3CCN(C)CC3)c2)nnc1[C@@H](C)NS(=O)(=O)c1ccc(C(F)(F)F)cc1Cl. The molecule has 1 aliphatic rings. The molecule has 0 amide bonds. The lowest BCUT2D eigenvalue weighted by molar-refractivity contribution is -0.137. The molecule has 1 atom stereocenters. The second-order valence-corrected chi connectivity index (χ2v) is 11.1. The third-order valence-corrected chi connectivity index (χ3v) is 8.25. The highest BCUT2D eigenvalue weighted by atomic mass is 35.5. The molecule has 9 nitrogen and oxygen atoms in total. The molecule has 14 heteroatoms. The number of halogens is 4. The smallest absolute Gasteiger partial charge is 0.416 e. The van der Waals surface area contributed by atoms with Crippen molar-refractivity contribution in [1.82, 2.24) is 24.4 Å². The molecule has 1 aliphatic heterocycles. The molecule has 38 heavy (non-hydrogen) atoms. The van der Waals surface area contributed by atoms with E-state index in [0.29, 0.717) is 24.4 Å². The first-order chi connectivity index (χ1) is 17.9. The minimum absolute atomic E-state index is 0.177. The van der Waals surface area contributed by atoms with Gasteiger partial charge in [-0.1, -0.05) is 22.8 Å². The van der Waals surface area contributed by atoms with Gasteiger partial charge in [-0.15, -0.1) is 5.10 Å². The quantitative estimate of drug-likeness (QED) is 0.423. The van der Waals surface area contributed by atoms with Crippen molar-refractivity contribution >= 4 is 27.3 Å². The van der Waals surface area contributed by atoms with E-state index in [1.54, 1.807) is 17.6 Å². The first kappa shape index (κ1) is 28.1. The summed E-state index contributed by atoms with van der Waals surface area (Å²) in [6.45, 7) is 7.47. The van der Waals surface area contributed by atoms with E-state index in [9.17, 15) is 21.6 Å². The molecule has 1 aromatic heterocycles. The van der Waals surface area contributed by atoms with Crippen molar-refractivity contribution in [1.29, 1.82) is 0 Å². The number of piperazine rings is 1. The number of nitrogens with zero attached hydrogens (tertiary/aromatic N) is 5. The Morgan fingerprint density at radius 2 is 1.82 bits per heavy atom. The van der Waals surface area contributed by atoms with Crippen molar-refractivity contribution in [3.8, 4) is 11.8 Å². The molecule has 206 valence electrons. The molecule has 0 aliphatic carbocycles. The van der Waals surface area contributed by atoms with E-state index < -0.39 is 37.7 Å². The summed E-state index contributed by atoms with van der Waals surface area (Å²) >= 11 is 5.90. The van der Waals surface area contributed by atoms with Gasteiger partial charge in [-0.25, -0.2) is 13.1 Å². The molecule has 0 unspecified atom stereocenters. The molecule has 1 N–H and O–H groups in total. The standard InChI is InChI=1S/C24H28ClF3N6O3S/c1-4-34-22(16(2)31-38(35,36)21-9-8-17(14-20(21)25)24(26,27)28)29-30-23(34)37-19-7-5-6-18(15-19)33-12-10-32(3)11-13-33/h5-9,14-16,31H,4,10-13H2,1-3H3/t16-/m1/s1. The zero-order chi connectivity index (χ0) is 27.7. The van der Waals surface area contributed by atoms with Gasteiger partial charge in [0.25, 0.3) is 0 Å². The maximum Gasteiger partial charge on any atom is 0.416 e. The van der Waals surface area contributed by atoms with Crippen molar-refractivity contribution in [2.75, 3.05) is 38.1 Å². The summed E-state index contributed by atoms with van der Waals surface area (Å²) in [5.74, 6) is 0.823. The Labute approximate surface area is 224 Å². The number of hydrogen-bond acceptors (Lipinski definition) is 7. The van der Waals surface area contributed by atoms with Crippen LogP contribution in [-0.4, -0.2) is 61.3 Å². The van der Waals surface area contributed by atoms with E-state index >= 15 is 0 Å². The van der Waals surface area contributed by atoms with Gasteiger partial charge < -0.3 is 14.5 Å². The molecular formula is C24H28ClF3N6O3S. The van der Waals surface area contributed by atoms with Gasteiger partial charge in [-0.3, -0.25) is 4.57 Å². The van der Waals surface area contributed by atoms with Crippen LogP contribution in [0.15, 0.2) is 47.4 Å². The second kappa shape index (κ2) is 11.1. The largest absolute Gasteiger partial charge is 0.424 e. The van der Waals surface area contributed by atoms with Gasteiger partial charge in [0, 0.05) is 44.5 Å². The lowest BCUT2D eigenvalue weighted by atomic mass is 10.2. The first-order valence-corrected chi connectivity index (χ1v) is 13.8. The summed E-state index contributed by atoms with van der Waals surface area (Å²) in [7, 11) is -2.19. The first-order valence-electron chi connectivity index (χ1n) is 11.9. The number of alkyl halides is 3. The number of benzene rings is 2. The molecule has 0 saturated carbocycles. The van der Waals surface area contributed by atoms with Crippen molar-refractivity contribution in [3.63, 3.8) is 0 Å². The Morgan fingerprint density at radius 1 is 1.11 bits per heavy atom. The Kier molecular flexibility index (Phi) is 8.21. The highest BCUT2D eigenvalue weighted by Gasteiger charge is 2.33. The van der Waals surface area contributed by atoms with E-state index in [1.165, 1.54) is 0 Å². The summed E-state index contributed by atoms with van der Waals surface area (Å²) in [4.78, 5) is 4.06. The third-order valence-electron chi connectivity index (χ3n) is 6.22. The van der Waals surface area contributed by atoms with Gasteiger partial charge in [-0.05, 0) is 51.2 Å². The number of nitrogens with one attached hydrogen (secondary N) is 1. The minimum atomic E-state index is -4.65. The molecule has 4 rings (SSSR count). The molecule has 1 saturated heterocycles. The third kappa shape index (κ3) is 6.22. The zero-order valence-electron chi connectivity index (χ0n) is 21.0. The fourth-order valence-electron chi connectivity index (χ4n) is 4.15. The number of hydrogen-bond donors (Lipinski definition) is 1. The molecule has 0 radical (unpaired) electrons. The van der Waals surface area contributed by atoms with Crippen LogP contribution in [0.5, 0.6) is 11.8 Å². The van der Waals surface area contributed by atoms with E-state index in [2.05, 4.69) is 31.8 Å². The fraction of sp³-hybridized carbons (Fsp3) is 0.417. The van der Waals surface area contributed by atoms with Crippen LogP contribution >= 0.6 is 11.6 Å². The normalized spacial score (nSPS) is 16.0. The highest BCUT2D eigenvalue weighted by molar-refractivity contribution is 7.89. The van der Waals surface area contributed by atoms with E-state index in [-0.39, 0.29) is 11.8 Å². The number of ether oxygens (including phenoxy) is 1. The Bertz CT molecular complexity index is 1390. The minimum Gasteiger partial charge on any atom is -0.424 e. The van der Waals surface area contributed by atoms with Crippen molar-refractivity contribution in [3.05, 3.63) is 58.9 Å². The van der Waals surface area contributed by atoms with Crippen molar-refractivity contribution in [2.24, 2.45) is 0 Å². The fourth-order valence-corrected chi connectivity index (χ4v) is 5.90. The van der Waals surface area contributed by atoms with Crippen LogP contribution in [0.1, 0.15) is 31.3 Å². The number of rotatable bonds is 8. The van der Waals surface area contributed by atoms with Gasteiger partial charge in [0.2, 0.25) is 10.0 Å². The molecular weight excluding hydrogens is 545 g/mol. The number of aromatic nitrogens is 3. The topological polar surface area (TPSA) is 92.6 Å². The predicted octanol–water partition coefficient (Wildman–Crippen LogP) is 4.55. The summed E-state index contributed by atoms with van der Waals surface area (Å²) in [6, 6.07) is 8.98. The van der Waals surface area contributed by atoms with Gasteiger partial charge in [0.1, 0.15) is 10.6 Å². The van der Waals surface area contributed by atoms with E-state index in [0.717, 1.165) is 37.9 Å². The summed E-state index contributed by atoms with van der Waals surface area (Å²) < 4.78 is 74.7. The Hall–Kier alpha value is -2.87. The Morgan fingerprint density at radius 3 is 2.45 bits per heavy atom. The highest BCUT2D eigenvalue weighted by Crippen LogP contribution is 2.34. The molecule has 2 aromatic carbocycles. The van der Waals surface area contributed by atoms with Crippen molar-refractivity contribution in [2.45, 2.75) is 37.5 Å². The summed E-state index contributed by atoms with van der Waals surface area (Å²) in [5, 5.41) is 7.67. The van der Waals surface area contributed by atoms with Crippen LogP contribution in [0.2, 0.25) is 5.02 Å². The van der Waals surface area contributed by atoms with Crippen LogP contribution in [0.25, 0.3) is 0 Å². The lowest BCUT2D eigenvalue weighted by Gasteiger charge is -2.34. The maximum atomic E-state index is 12.9. The zero-order valence-corrected chi connectivity index (χ0v) is 22.6. The van der Waals surface area contributed by atoms with Gasteiger partial charge >= 0.3 is 12.2 Å². The maximum absolute atomic E-state index is 12.9. The number of anilines is 1. The average Bonchev–Trinajstić information content (AvgIpc) is 3.26. The van der Waals surface area contributed by atoms with Crippen molar-refractivity contribution < 1.29 is 26.3 Å². The van der Waals surface area contributed by atoms with Crippen LogP contribution in [0.3, 0.4) is 0 Å². The molecule has 3 aromatic rings. The monoisotopic (exact) mass is 572 g/mol. The Balaban J connectivity index is 1.51. The number of sulfonamides is 1. The van der Waals surface area contributed by atoms with Crippen LogP contribution in [0.4, 0.5) is 18.9 Å². The molecule has 1 fully saturated rings. The van der Waals surface area contributed by atoms with Gasteiger partial charge in [0.05, 0.1) is 16.6 Å². The molecule has 0 bridgehead atoms. The molecule has 2 heterocycles. The molecule has 0 spiro atoms. The average molecular weight is 573 g/mol. The van der Waals surface area contributed by atoms with E-state index in [1.807, 2.05) is 25.1 Å². The van der Waals surface area contributed by atoms with Gasteiger partial charge in [-0.2, -0.15) is 13.2 Å². The summed E-state index contributed by atoms with van der Waals surface area (Å²) in [5.41, 5.74) is -0.0216. The summed E-state index contributed by atoms with van der Waals surface area (Å²) in [6.07, 6.45) is -4.65. The van der Waals surface area contributed by atoms with Crippen LogP contribution < -0.4 is 14.4 Å². The predicted molar refractivity (Wildman–Crippen MR) is 137 cm³/mol. The van der Waals surface area contributed by atoms with E-state index in [4.69, 9.17) is 16.3 Å². The second-order valence-electron chi connectivity index (χ2n) is 8.96. The lowest BCUT2D eigenvalue weighted by Crippen LogP contribution is -2.44. The van der Waals surface area contributed by atoms with Gasteiger partial charge in [0.15, 0.2) is 5.82 Å². The number of likely N-dealkylation sites (N-methyl/N-ethyl adjacent to an activating group) is 1. The van der Waals surface area contributed by atoms with Crippen LogP contribution in [0, 0.1) is 0 Å². The van der Waals surface area contributed by atoms with Crippen LogP contribution in [-0.2, 0) is 22.7 Å².